The number of thioether (sulfide) groups is 1. The van der Waals surface area contributed by atoms with Crippen molar-refractivity contribution < 1.29 is 4.74 Å². The van der Waals surface area contributed by atoms with Crippen molar-refractivity contribution in [2.45, 2.75) is 68.7 Å². The lowest BCUT2D eigenvalue weighted by atomic mass is 9.95. The van der Waals surface area contributed by atoms with Gasteiger partial charge in [0.1, 0.15) is 5.82 Å². The van der Waals surface area contributed by atoms with Gasteiger partial charge in [-0.3, -0.25) is 0 Å². The summed E-state index contributed by atoms with van der Waals surface area (Å²) in [5.74, 6) is 2.10. The maximum Gasteiger partial charge on any atom is 0.191 e. The fourth-order valence-corrected chi connectivity index (χ4v) is 5.88. The van der Waals surface area contributed by atoms with Crippen LogP contribution in [0.15, 0.2) is 47.6 Å². The van der Waals surface area contributed by atoms with Gasteiger partial charge in [0.2, 0.25) is 0 Å². The summed E-state index contributed by atoms with van der Waals surface area (Å²) in [4.78, 5) is 0. The average molecular weight is 408 g/mol. The molecule has 0 spiro atoms. The molecule has 0 amide bonds. The summed E-state index contributed by atoms with van der Waals surface area (Å²) < 4.78 is 8.31. The molecule has 2 fully saturated rings. The second kappa shape index (κ2) is 8.88. The van der Waals surface area contributed by atoms with Crippen LogP contribution < -0.4 is 0 Å². The first-order chi connectivity index (χ1) is 14.4. The summed E-state index contributed by atoms with van der Waals surface area (Å²) >= 11 is 1.84. The number of rotatable bonds is 6. The van der Waals surface area contributed by atoms with Crippen molar-refractivity contribution in [2.24, 2.45) is 0 Å². The first kappa shape index (κ1) is 19.1. The third-order valence-electron chi connectivity index (χ3n) is 6.33. The van der Waals surface area contributed by atoms with E-state index >= 15 is 0 Å². The van der Waals surface area contributed by atoms with Crippen LogP contribution >= 0.6 is 11.8 Å². The van der Waals surface area contributed by atoms with Gasteiger partial charge in [-0.1, -0.05) is 73.5 Å². The van der Waals surface area contributed by atoms with E-state index in [-0.39, 0.29) is 0 Å². The van der Waals surface area contributed by atoms with E-state index in [2.05, 4.69) is 57.2 Å². The fraction of sp³-hybridized carbons (Fsp3) is 0.500. The molecule has 0 radical (unpaired) electrons. The number of nitrogens with zero attached hydrogens (tertiary/aromatic N) is 3. The fourth-order valence-electron chi connectivity index (χ4n) is 4.79. The van der Waals surface area contributed by atoms with E-state index in [9.17, 15) is 0 Å². The van der Waals surface area contributed by atoms with Crippen LogP contribution in [0.5, 0.6) is 0 Å². The molecule has 1 saturated heterocycles. The Morgan fingerprint density at radius 3 is 2.66 bits per heavy atom. The van der Waals surface area contributed by atoms with Gasteiger partial charge in [-0.15, -0.1) is 10.2 Å². The van der Waals surface area contributed by atoms with E-state index in [1.165, 1.54) is 61.3 Å². The molecule has 2 aromatic carbocycles. The van der Waals surface area contributed by atoms with Crippen molar-refractivity contribution in [2.75, 3.05) is 12.4 Å². The lowest BCUT2D eigenvalue weighted by Gasteiger charge is -2.26. The molecule has 1 aliphatic heterocycles. The summed E-state index contributed by atoms with van der Waals surface area (Å²) in [6, 6.07) is 15.8. The van der Waals surface area contributed by atoms with Gasteiger partial charge in [0.15, 0.2) is 5.16 Å². The zero-order valence-corrected chi connectivity index (χ0v) is 17.7. The lowest BCUT2D eigenvalue weighted by molar-refractivity contribution is 0.128. The monoisotopic (exact) mass is 407 g/mol. The van der Waals surface area contributed by atoms with Crippen LogP contribution in [-0.2, 0) is 11.2 Å². The zero-order valence-electron chi connectivity index (χ0n) is 16.9. The van der Waals surface area contributed by atoms with Crippen LogP contribution in [0.3, 0.4) is 0 Å². The quantitative estimate of drug-likeness (QED) is 0.484. The van der Waals surface area contributed by atoms with E-state index in [4.69, 9.17) is 4.74 Å². The van der Waals surface area contributed by atoms with Gasteiger partial charge < -0.3 is 9.30 Å². The van der Waals surface area contributed by atoms with Crippen LogP contribution in [0, 0.1) is 0 Å². The highest BCUT2D eigenvalue weighted by Gasteiger charge is 2.25. The normalized spacial score (nSPS) is 20.5. The van der Waals surface area contributed by atoms with Crippen molar-refractivity contribution in [3.05, 3.63) is 53.9 Å². The van der Waals surface area contributed by atoms with Crippen molar-refractivity contribution in [3.8, 4) is 0 Å². The zero-order chi connectivity index (χ0) is 19.5. The minimum Gasteiger partial charge on any atom is -0.377 e. The van der Waals surface area contributed by atoms with E-state index in [0.29, 0.717) is 12.1 Å². The second-order valence-electron chi connectivity index (χ2n) is 8.32. The van der Waals surface area contributed by atoms with Crippen LogP contribution in [-0.4, -0.2) is 33.2 Å². The van der Waals surface area contributed by atoms with Gasteiger partial charge in [-0.2, -0.15) is 0 Å². The van der Waals surface area contributed by atoms with Crippen LogP contribution in [0.25, 0.3) is 10.8 Å². The number of benzene rings is 2. The molecule has 3 aromatic rings. The molecule has 1 saturated carbocycles. The molecule has 29 heavy (non-hydrogen) atoms. The lowest BCUT2D eigenvalue weighted by Crippen LogP contribution is -2.17. The predicted octanol–water partition coefficient (Wildman–Crippen LogP) is 5.80. The molecule has 152 valence electrons. The SMILES string of the molecule is c1ccc2c(Cc3nnc(SC[C@@H]4CCCO4)n3C3CCCCC3)cccc2c1. The van der Waals surface area contributed by atoms with Crippen LogP contribution in [0.1, 0.15) is 62.4 Å². The Labute approximate surface area is 177 Å². The summed E-state index contributed by atoms with van der Waals surface area (Å²) in [5, 5.41) is 13.0. The average Bonchev–Trinajstić information content (AvgIpc) is 3.43. The smallest absolute Gasteiger partial charge is 0.191 e. The summed E-state index contributed by atoms with van der Waals surface area (Å²) in [6.45, 7) is 0.910. The Kier molecular flexibility index (Phi) is 5.86. The van der Waals surface area contributed by atoms with E-state index in [0.717, 1.165) is 29.8 Å². The van der Waals surface area contributed by atoms with Crippen molar-refractivity contribution >= 4 is 22.5 Å². The van der Waals surface area contributed by atoms with Crippen molar-refractivity contribution in [1.82, 2.24) is 14.8 Å². The van der Waals surface area contributed by atoms with Gasteiger partial charge in [0.05, 0.1) is 6.10 Å². The first-order valence-corrected chi connectivity index (χ1v) is 12.0. The molecule has 4 nitrogen and oxygen atoms in total. The largest absolute Gasteiger partial charge is 0.377 e. The third-order valence-corrected chi connectivity index (χ3v) is 7.40. The van der Waals surface area contributed by atoms with E-state index < -0.39 is 0 Å². The van der Waals surface area contributed by atoms with E-state index in [1.54, 1.807) is 0 Å². The Morgan fingerprint density at radius 1 is 0.931 bits per heavy atom. The highest BCUT2D eigenvalue weighted by molar-refractivity contribution is 7.99. The highest BCUT2D eigenvalue weighted by Crippen LogP contribution is 2.34. The Bertz CT molecular complexity index is 952. The number of hydrogen-bond acceptors (Lipinski definition) is 4. The predicted molar refractivity (Wildman–Crippen MR) is 119 cm³/mol. The van der Waals surface area contributed by atoms with Gasteiger partial charge in [0, 0.05) is 24.8 Å². The van der Waals surface area contributed by atoms with Crippen molar-refractivity contribution in [3.63, 3.8) is 0 Å². The maximum absolute atomic E-state index is 5.83. The van der Waals surface area contributed by atoms with E-state index in [1.807, 2.05) is 11.8 Å². The number of ether oxygens (including phenoxy) is 1. The molecule has 0 N–H and O–H groups in total. The second-order valence-corrected chi connectivity index (χ2v) is 9.31. The molecule has 1 atom stereocenters. The Hall–Kier alpha value is -1.85. The first-order valence-electron chi connectivity index (χ1n) is 11.0. The third kappa shape index (κ3) is 4.22. The van der Waals surface area contributed by atoms with Crippen LogP contribution in [0.2, 0.25) is 0 Å². The molecule has 5 rings (SSSR count). The van der Waals surface area contributed by atoms with Crippen molar-refractivity contribution in [1.29, 1.82) is 0 Å². The Balaban J connectivity index is 1.44. The minimum atomic E-state index is 0.373. The van der Waals surface area contributed by atoms with Gasteiger partial charge in [-0.25, -0.2) is 0 Å². The standard InChI is InChI=1S/C24H29N3OS/c1-2-11-20(12-3-1)27-23(25-26-24(27)29-17-21-13-7-15-28-21)16-19-10-6-9-18-8-4-5-14-22(18)19/h4-6,8-10,14,20-21H,1-3,7,11-13,15-17H2/t21-/m0/s1. The number of aromatic nitrogens is 3. The number of fused-ring (bicyclic) bond motifs is 1. The minimum absolute atomic E-state index is 0.373. The highest BCUT2D eigenvalue weighted by atomic mass is 32.2. The summed E-state index contributed by atoms with van der Waals surface area (Å²) in [6.07, 6.45) is 10.0. The topological polar surface area (TPSA) is 39.9 Å². The molecule has 0 bridgehead atoms. The maximum atomic E-state index is 5.83. The molecule has 2 aliphatic rings. The van der Waals surface area contributed by atoms with Gasteiger partial charge >= 0.3 is 0 Å². The Morgan fingerprint density at radius 2 is 1.79 bits per heavy atom. The summed E-state index contributed by atoms with van der Waals surface area (Å²) in [7, 11) is 0. The molecular formula is C24H29N3OS. The van der Waals surface area contributed by atoms with Gasteiger partial charge in [-0.05, 0) is 42.0 Å². The molecule has 2 heterocycles. The molecule has 1 aromatic heterocycles. The molecule has 5 heteroatoms. The van der Waals surface area contributed by atoms with Crippen LogP contribution in [0.4, 0.5) is 0 Å². The molecule has 0 unspecified atom stereocenters. The van der Waals surface area contributed by atoms with Gasteiger partial charge in [0.25, 0.3) is 0 Å². The molecule has 1 aliphatic carbocycles. The molecular weight excluding hydrogens is 378 g/mol. The number of hydrogen-bond donors (Lipinski definition) is 0. The summed E-state index contributed by atoms with van der Waals surface area (Å²) in [5.41, 5.74) is 1.34.